The Hall–Kier alpha value is -3.20. The van der Waals surface area contributed by atoms with Crippen LogP contribution in [0.15, 0.2) is 36.7 Å². The van der Waals surface area contributed by atoms with Crippen molar-refractivity contribution in [2.45, 2.75) is 70.4 Å². The molecule has 0 aliphatic heterocycles. The Morgan fingerprint density at radius 2 is 1.82 bits per heavy atom. The zero-order chi connectivity index (χ0) is 26.3. The number of aryl methyl sites for hydroxylation is 1. The van der Waals surface area contributed by atoms with Gasteiger partial charge in [0.15, 0.2) is 0 Å². The molecule has 2 N–H and O–H groups in total. The van der Waals surface area contributed by atoms with E-state index in [-0.39, 0.29) is 23.8 Å². The summed E-state index contributed by atoms with van der Waals surface area (Å²) in [6, 6.07) is 10.7. The Balaban J connectivity index is 1.16. The van der Waals surface area contributed by atoms with Crippen molar-refractivity contribution in [1.82, 2.24) is 20.1 Å². The molecule has 3 aromatic rings. The number of carbonyl (C=O) groups is 2. The molecule has 3 fully saturated rings. The van der Waals surface area contributed by atoms with Crippen molar-refractivity contribution < 1.29 is 9.59 Å². The number of benzene rings is 1. The first-order valence-electron chi connectivity index (χ1n) is 14.5. The minimum absolute atomic E-state index is 0.0467. The minimum Gasteiger partial charge on any atom is -0.352 e. The molecular weight excluding hydrogens is 508 g/mol. The zero-order valence-corrected chi connectivity index (χ0v) is 23.1. The van der Waals surface area contributed by atoms with Crippen LogP contribution in [0.1, 0.15) is 77.3 Å². The molecule has 7 rings (SSSR count). The maximum absolute atomic E-state index is 13.5. The van der Waals surface area contributed by atoms with E-state index < -0.39 is 0 Å². The first kappa shape index (κ1) is 24.8. The lowest BCUT2D eigenvalue weighted by Gasteiger charge is -2.29. The lowest BCUT2D eigenvalue weighted by Crippen LogP contribution is -2.31. The van der Waals surface area contributed by atoms with Crippen LogP contribution >= 0.6 is 11.3 Å². The standard InChI is InChI=1S/C30H36N6O2S/c37-27(22-10-11-22)33-29-26(28(38)31-15-19-6-7-19)24-14-23(12-13-25(24)39-29)36-18-32-34-30(36)35(17-21-8-9-21)16-20-4-2-1-3-5-20/h1-5,18-19,21-23H,6-17H2,(H,31,38)(H,33,37)/t23-/m0/s1. The molecule has 2 amide bonds. The lowest BCUT2D eigenvalue weighted by atomic mass is 9.91. The largest absolute Gasteiger partial charge is 0.352 e. The molecule has 0 radical (unpaired) electrons. The van der Waals surface area contributed by atoms with Crippen LogP contribution in [0.25, 0.3) is 0 Å². The second kappa shape index (κ2) is 10.4. The third-order valence-electron chi connectivity index (χ3n) is 8.52. The first-order chi connectivity index (χ1) is 19.1. The van der Waals surface area contributed by atoms with Crippen LogP contribution in [0.5, 0.6) is 0 Å². The van der Waals surface area contributed by atoms with Crippen LogP contribution in [-0.4, -0.2) is 39.7 Å². The highest BCUT2D eigenvalue weighted by Crippen LogP contribution is 2.43. The van der Waals surface area contributed by atoms with Gasteiger partial charge in [0, 0.05) is 36.5 Å². The third-order valence-corrected chi connectivity index (χ3v) is 9.72. The Morgan fingerprint density at radius 1 is 1.03 bits per heavy atom. The maximum atomic E-state index is 13.5. The van der Waals surface area contributed by atoms with E-state index in [0.29, 0.717) is 23.9 Å². The van der Waals surface area contributed by atoms with Gasteiger partial charge in [0.1, 0.15) is 11.3 Å². The number of rotatable bonds is 11. The second-order valence-electron chi connectivity index (χ2n) is 11.9. The van der Waals surface area contributed by atoms with E-state index in [1.165, 1.54) is 36.1 Å². The average molecular weight is 545 g/mol. The van der Waals surface area contributed by atoms with Crippen LogP contribution in [0.4, 0.5) is 10.9 Å². The van der Waals surface area contributed by atoms with Crippen LogP contribution in [-0.2, 0) is 24.2 Å². The fourth-order valence-electron chi connectivity index (χ4n) is 5.69. The molecule has 39 heavy (non-hydrogen) atoms. The van der Waals surface area contributed by atoms with Gasteiger partial charge in [-0.3, -0.25) is 14.2 Å². The molecule has 2 aromatic heterocycles. The van der Waals surface area contributed by atoms with Gasteiger partial charge in [0.05, 0.1) is 5.56 Å². The summed E-state index contributed by atoms with van der Waals surface area (Å²) in [5, 5.41) is 16.0. The molecule has 0 spiro atoms. The number of carbonyl (C=O) groups excluding carboxylic acids is 2. The topological polar surface area (TPSA) is 92.2 Å². The van der Waals surface area contributed by atoms with Gasteiger partial charge in [-0.25, -0.2) is 0 Å². The van der Waals surface area contributed by atoms with Gasteiger partial charge >= 0.3 is 0 Å². The van der Waals surface area contributed by atoms with Gasteiger partial charge in [0.2, 0.25) is 11.9 Å². The molecule has 4 aliphatic carbocycles. The normalized spacial score (nSPS) is 20.4. The Labute approximate surface area is 233 Å². The van der Waals surface area contributed by atoms with E-state index in [9.17, 15) is 9.59 Å². The van der Waals surface area contributed by atoms with Gasteiger partial charge < -0.3 is 15.5 Å². The molecule has 3 saturated carbocycles. The highest BCUT2D eigenvalue weighted by Gasteiger charge is 2.36. The summed E-state index contributed by atoms with van der Waals surface area (Å²) >= 11 is 1.60. The fraction of sp³-hybridized carbons (Fsp3) is 0.533. The number of amides is 2. The monoisotopic (exact) mass is 544 g/mol. The van der Waals surface area contributed by atoms with Gasteiger partial charge in [-0.2, -0.15) is 0 Å². The third kappa shape index (κ3) is 5.60. The van der Waals surface area contributed by atoms with Crippen molar-refractivity contribution in [3.05, 3.63) is 58.2 Å². The predicted molar refractivity (Wildman–Crippen MR) is 152 cm³/mol. The first-order valence-corrected chi connectivity index (χ1v) is 15.4. The van der Waals surface area contributed by atoms with E-state index in [1.807, 2.05) is 6.33 Å². The molecule has 0 saturated heterocycles. The van der Waals surface area contributed by atoms with Crippen LogP contribution in [0.2, 0.25) is 0 Å². The van der Waals surface area contributed by atoms with E-state index in [0.717, 1.165) is 61.7 Å². The van der Waals surface area contributed by atoms with E-state index in [1.54, 1.807) is 11.3 Å². The smallest absolute Gasteiger partial charge is 0.254 e. The summed E-state index contributed by atoms with van der Waals surface area (Å²) < 4.78 is 2.24. The molecule has 204 valence electrons. The van der Waals surface area contributed by atoms with Crippen molar-refractivity contribution in [1.29, 1.82) is 0 Å². The lowest BCUT2D eigenvalue weighted by molar-refractivity contribution is -0.117. The molecule has 4 aliphatic rings. The average Bonchev–Trinajstić information content (AvgIpc) is 3.84. The number of anilines is 2. The SMILES string of the molecule is O=C(NCC1CC1)c1c(NC(=O)C2CC2)sc2c1C[C@@H](n1cnnc1N(Cc1ccccc1)CC1CC1)CC2. The molecule has 0 unspecified atom stereocenters. The van der Waals surface area contributed by atoms with Crippen molar-refractivity contribution in [2.24, 2.45) is 17.8 Å². The highest BCUT2D eigenvalue weighted by atomic mass is 32.1. The predicted octanol–water partition coefficient (Wildman–Crippen LogP) is 4.97. The molecule has 9 heteroatoms. The number of nitrogens with one attached hydrogen (secondary N) is 2. The van der Waals surface area contributed by atoms with Crippen molar-refractivity contribution >= 4 is 34.1 Å². The molecule has 8 nitrogen and oxygen atoms in total. The van der Waals surface area contributed by atoms with E-state index in [4.69, 9.17) is 0 Å². The minimum atomic E-state index is -0.0467. The van der Waals surface area contributed by atoms with Crippen LogP contribution in [0, 0.1) is 17.8 Å². The Morgan fingerprint density at radius 3 is 2.56 bits per heavy atom. The summed E-state index contributed by atoms with van der Waals surface area (Å²) in [6.45, 7) is 2.50. The number of thiophene rings is 1. The number of aromatic nitrogens is 3. The Bertz CT molecular complexity index is 1350. The van der Waals surface area contributed by atoms with Gasteiger partial charge in [-0.15, -0.1) is 21.5 Å². The summed E-state index contributed by atoms with van der Waals surface area (Å²) in [7, 11) is 0. The number of fused-ring (bicyclic) bond motifs is 1. The molecule has 1 aromatic carbocycles. The van der Waals surface area contributed by atoms with Crippen LogP contribution in [0.3, 0.4) is 0 Å². The van der Waals surface area contributed by atoms with E-state index >= 15 is 0 Å². The fourth-order valence-corrected chi connectivity index (χ4v) is 6.94. The van der Waals surface area contributed by atoms with E-state index in [2.05, 4.69) is 60.6 Å². The van der Waals surface area contributed by atoms with Gasteiger partial charge in [-0.05, 0) is 80.8 Å². The van der Waals surface area contributed by atoms with Gasteiger partial charge in [0.25, 0.3) is 5.91 Å². The molecular formula is C30H36N6O2S. The van der Waals surface area contributed by atoms with Crippen molar-refractivity contribution in [3.63, 3.8) is 0 Å². The second-order valence-corrected chi connectivity index (χ2v) is 13.0. The quantitative estimate of drug-likeness (QED) is 0.356. The molecule has 1 atom stereocenters. The highest BCUT2D eigenvalue weighted by molar-refractivity contribution is 7.17. The van der Waals surface area contributed by atoms with Crippen molar-refractivity contribution in [2.75, 3.05) is 23.3 Å². The van der Waals surface area contributed by atoms with Crippen LogP contribution < -0.4 is 15.5 Å². The summed E-state index contributed by atoms with van der Waals surface area (Å²) in [6.07, 6.45) is 11.3. The number of hydrogen-bond donors (Lipinski definition) is 2. The maximum Gasteiger partial charge on any atom is 0.254 e. The summed E-state index contributed by atoms with van der Waals surface area (Å²) in [5.41, 5.74) is 3.04. The molecule has 2 heterocycles. The molecule has 0 bridgehead atoms. The summed E-state index contributed by atoms with van der Waals surface area (Å²) in [4.78, 5) is 29.8. The Kier molecular flexibility index (Phi) is 6.62. The summed E-state index contributed by atoms with van der Waals surface area (Å²) in [5.74, 6) is 2.33. The zero-order valence-electron chi connectivity index (χ0n) is 22.3. The number of hydrogen-bond acceptors (Lipinski definition) is 6. The van der Waals surface area contributed by atoms with Crippen molar-refractivity contribution in [3.8, 4) is 0 Å². The van der Waals surface area contributed by atoms with Gasteiger partial charge in [-0.1, -0.05) is 30.3 Å². The number of nitrogens with zero attached hydrogens (tertiary/aromatic N) is 4.